The third kappa shape index (κ3) is 2.62. The van der Waals surface area contributed by atoms with Crippen molar-refractivity contribution >= 4 is 17.3 Å². The minimum Gasteiger partial charge on any atom is -0.381 e. The number of rotatable bonds is 4. The molecule has 9 nitrogen and oxygen atoms in total. The molecule has 0 bridgehead atoms. The van der Waals surface area contributed by atoms with Crippen molar-refractivity contribution in [2.45, 2.75) is 6.54 Å². The fourth-order valence-corrected chi connectivity index (χ4v) is 2.37. The van der Waals surface area contributed by atoms with Crippen molar-refractivity contribution in [2.75, 3.05) is 11.1 Å². The van der Waals surface area contributed by atoms with Crippen LogP contribution in [0.15, 0.2) is 43.2 Å². The van der Waals surface area contributed by atoms with Crippen LogP contribution in [0.1, 0.15) is 5.56 Å². The Bertz CT molecular complexity index is 1000. The van der Waals surface area contributed by atoms with Gasteiger partial charge < -0.3 is 11.1 Å². The van der Waals surface area contributed by atoms with Gasteiger partial charge in [0, 0.05) is 31.5 Å². The number of fused-ring (bicyclic) bond motifs is 1. The van der Waals surface area contributed by atoms with Gasteiger partial charge in [-0.25, -0.2) is 19.5 Å². The Kier molecular flexibility index (Phi) is 3.30. The summed E-state index contributed by atoms with van der Waals surface area (Å²) in [4.78, 5) is 12.9. The Morgan fingerprint density at radius 3 is 2.96 bits per heavy atom. The third-order valence-corrected chi connectivity index (χ3v) is 3.61. The second-order valence-corrected chi connectivity index (χ2v) is 5.34. The number of nitrogens with one attached hydrogen (secondary N) is 1. The van der Waals surface area contributed by atoms with Gasteiger partial charge in [-0.05, 0) is 17.7 Å². The van der Waals surface area contributed by atoms with Crippen molar-refractivity contribution in [3.63, 3.8) is 0 Å². The molecule has 3 N–H and O–H groups in total. The SMILES string of the molecule is Cn1cc(-c2cnc(N)c(NCc3ccn4ncnc4c3)n2)cn1. The number of anilines is 2. The van der Waals surface area contributed by atoms with Gasteiger partial charge in [-0.2, -0.15) is 10.2 Å². The van der Waals surface area contributed by atoms with Crippen LogP contribution in [0.25, 0.3) is 16.9 Å². The summed E-state index contributed by atoms with van der Waals surface area (Å²) in [5, 5.41) is 11.4. The summed E-state index contributed by atoms with van der Waals surface area (Å²) < 4.78 is 3.43. The molecule has 0 spiro atoms. The lowest BCUT2D eigenvalue weighted by Crippen LogP contribution is -2.07. The molecule has 0 aliphatic carbocycles. The molecule has 4 rings (SSSR count). The molecule has 0 atom stereocenters. The molecule has 0 saturated carbocycles. The van der Waals surface area contributed by atoms with Crippen molar-refractivity contribution in [2.24, 2.45) is 7.05 Å². The van der Waals surface area contributed by atoms with Crippen molar-refractivity contribution in [1.82, 2.24) is 34.3 Å². The van der Waals surface area contributed by atoms with E-state index < -0.39 is 0 Å². The van der Waals surface area contributed by atoms with Gasteiger partial charge in [-0.3, -0.25) is 4.68 Å². The van der Waals surface area contributed by atoms with Gasteiger partial charge in [0.1, 0.15) is 6.33 Å². The molecular formula is C15H15N9. The van der Waals surface area contributed by atoms with E-state index in [1.165, 1.54) is 6.33 Å². The van der Waals surface area contributed by atoms with E-state index in [1.807, 2.05) is 31.6 Å². The number of hydrogen-bond acceptors (Lipinski definition) is 7. The van der Waals surface area contributed by atoms with Gasteiger partial charge in [0.15, 0.2) is 17.3 Å². The van der Waals surface area contributed by atoms with Crippen LogP contribution < -0.4 is 11.1 Å². The molecule has 0 aliphatic rings. The average Bonchev–Trinajstić information content (AvgIpc) is 3.22. The molecule has 4 heterocycles. The zero-order valence-electron chi connectivity index (χ0n) is 13.0. The lowest BCUT2D eigenvalue weighted by molar-refractivity contribution is 0.768. The standard InChI is InChI=1S/C15H15N9/c1-23-8-11(6-20-23)12-7-17-14(16)15(22-12)18-5-10-2-3-24-13(4-10)19-9-21-24/h2-4,6-9H,5H2,1H3,(H2,16,17)(H,18,22). The molecule has 0 amide bonds. The number of nitrogens with zero attached hydrogens (tertiary/aromatic N) is 7. The molecule has 0 radical (unpaired) electrons. The van der Waals surface area contributed by atoms with Gasteiger partial charge in [0.05, 0.1) is 18.1 Å². The maximum absolute atomic E-state index is 5.93. The number of pyridine rings is 1. The maximum Gasteiger partial charge on any atom is 0.169 e. The summed E-state index contributed by atoms with van der Waals surface area (Å²) in [6, 6.07) is 3.91. The molecule has 0 unspecified atom stereocenters. The first kappa shape index (κ1) is 14.1. The largest absolute Gasteiger partial charge is 0.381 e. The minimum atomic E-state index is 0.353. The summed E-state index contributed by atoms with van der Waals surface area (Å²) in [6.07, 6.45) is 8.64. The highest BCUT2D eigenvalue weighted by Gasteiger charge is 2.08. The number of hydrogen-bond donors (Lipinski definition) is 2. The van der Waals surface area contributed by atoms with Crippen molar-refractivity contribution in [1.29, 1.82) is 0 Å². The summed E-state index contributed by atoms with van der Waals surface area (Å²) in [7, 11) is 1.86. The molecule has 24 heavy (non-hydrogen) atoms. The smallest absolute Gasteiger partial charge is 0.169 e. The molecule has 9 heteroatoms. The average molecular weight is 321 g/mol. The molecule has 4 aromatic heterocycles. The topological polar surface area (TPSA) is 112 Å². The quantitative estimate of drug-likeness (QED) is 0.579. The van der Waals surface area contributed by atoms with Crippen molar-refractivity contribution < 1.29 is 0 Å². The highest BCUT2D eigenvalue weighted by Crippen LogP contribution is 2.21. The Hall–Kier alpha value is -3.49. The first-order chi connectivity index (χ1) is 11.7. The molecular weight excluding hydrogens is 306 g/mol. The first-order valence-corrected chi connectivity index (χ1v) is 7.33. The van der Waals surface area contributed by atoms with Crippen LogP contribution in [-0.4, -0.2) is 34.3 Å². The fourth-order valence-electron chi connectivity index (χ4n) is 2.37. The van der Waals surface area contributed by atoms with E-state index in [9.17, 15) is 0 Å². The van der Waals surface area contributed by atoms with Crippen LogP contribution in [0.5, 0.6) is 0 Å². The van der Waals surface area contributed by atoms with Gasteiger partial charge in [-0.15, -0.1) is 0 Å². The highest BCUT2D eigenvalue weighted by molar-refractivity contribution is 5.64. The van der Waals surface area contributed by atoms with E-state index in [-0.39, 0.29) is 0 Å². The Morgan fingerprint density at radius 1 is 1.21 bits per heavy atom. The normalized spacial score (nSPS) is 11.0. The lowest BCUT2D eigenvalue weighted by atomic mass is 10.2. The molecule has 0 saturated heterocycles. The van der Waals surface area contributed by atoms with E-state index in [0.717, 1.165) is 16.8 Å². The van der Waals surface area contributed by atoms with E-state index in [4.69, 9.17) is 5.73 Å². The van der Waals surface area contributed by atoms with Gasteiger partial charge >= 0.3 is 0 Å². The summed E-state index contributed by atoms with van der Waals surface area (Å²) in [5.41, 5.74) is 9.36. The van der Waals surface area contributed by atoms with Crippen molar-refractivity contribution in [3.05, 3.63) is 48.8 Å². The number of aryl methyl sites for hydroxylation is 1. The number of nitrogen functional groups attached to an aromatic ring is 1. The minimum absolute atomic E-state index is 0.353. The van der Waals surface area contributed by atoms with Crippen LogP contribution in [0.2, 0.25) is 0 Å². The molecule has 120 valence electrons. The second kappa shape index (κ2) is 5.61. The van der Waals surface area contributed by atoms with Crippen LogP contribution in [0, 0.1) is 0 Å². The van der Waals surface area contributed by atoms with Crippen LogP contribution >= 0.6 is 0 Å². The summed E-state index contributed by atoms with van der Waals surface area (Å²) >= 11 is 0. The van der Waals surface area contributed by atoms with Crippen LogP contribution in [-0.2, 0) is 13.6 Å². The first-order valence-electron chi connectivity index (χ1n) is 7.33. The van der Waals surface area contributed by atoms with E-state index in [1.54, 1.807) is 21.6 Å². The fraction of sp³-hybridized carbons (Fsp3) is 0.133. The predicted octanol–water partition coefficient (Wildman–Crippen LogP) is 1.11. The van der Waals surface area contributed by atoms with Gasteiger partial charge in [-0.1, -0.05) is 0 Å². The zero-order valence-corrected chi connectivity index (χ0v) is 13.0. The van der Waals surface area contributed by atoms with E-state index >= 15 is 0 Å². The Labute approximate surface area is 137 Å². The maximum atomic E-state index is 5.93. The molecule has 0 fully saturated rings. The Morgan fingerprint density at radius 2 is 2.12 bits per heavy atom. The molecule has 0 aliphatic heterocycles. The highest BCUT2D eigenvalue weighted by atomic mass is 15.3. The number of aromatic nitrogens is 7. The monoisotopic (exact) mass is 321 g/mol. The summed E-state index contributed by atoms with van der Waals surface area (Å²) in [5.74, 6) is 0.892. The third-order valence-electron chi connectivity index (χ3n) is 3.61. The zero-order chi connectivity index (χ0) is 16.5. The number of nitrogens with two attached hydrogens (primary N) is 1. The van der Waals surface area contributed by atoms with Crippen molar-refractivity contribution in [3.8, 4) is 11.3 Å². The second-order valence-electron chi connectivity index (χ2n) is 5.34. The molecule has 4 aromatic rings. The van der Waals surface area contributed by atoms with Crippen LogP contribution in [0.4, 0.5) is 11.6 Å². The Balaban J connectivity index is 1.57. The van der Waals surface area contributed by atoms with E-state index in [0.29, 0.717) is 23.9 Å². The summed E-state index contributed by atoms with van der Waals surface area (Å²) in [6.45, 7) is 0.554. The van der Waals surface area contributed by atoms with Crippen LogP contribution in [0.3, 0.4) is 0 Å². The van der Waals surface area contributed by atoms with Gasteiger partial charge in [0.2, 0.25) is 0 Å². The van der Waals surface area contributed by atoms with Gasteiger partial charge in [0.25, 0.3) is 0 Å². The van der Waals surface area contributed by atoms with E-state index in [2.05, 4.69) is 30.5 Å². The predicted molar refractivity (Wildman–Crippen MR) is 89.0 cm³/mol. The lowest BCUT2D eigenvalue weighted by Gasteiger charge is -2.09. The molecule has 0 aromatic carbocycles.